The van der Waals surface area contributed by atoms with Crippen LogP contribution in [0.3, 0.4) is 0 Å². The van der Waals surface area contributed by atoms with E-state index in [9.17, 15) is 4.79 Å². The van der Waals surface area contributed by atoms with E-state index in [1.165, 1.54) is 148 Å². The van der Waals surface area contributed by atoms with Gasteiger partial charge in [0.15, 0.2) is 0 Å². The molecule has 0 aromatic rings. The first-order chi connectivity index (χ1) is 15.2. The zero-order valence-corrected chi connectivity index (χ0v) is 21.4. The first kappa shape index (κ1) is 30.2. The molecule has 1 amide bonds. The molecular weight excluding hydrogens is 378 g/mol. The predicted octanol–water partition coefficient (Wildman–Crippen LogP) is 9.80. The Bertz CT molecular complexity index is 390. The highest BCUT2D eigenvalue weighted by Crippen LogP contribution is 2.16. The normalized spacial score (nSPS) is 11.1. The standard InChI is InChI=1S/C29H57NO/c1-3-4-5-6-7-8-9-10-11-12-13-14-15-16-17-18-19-20-21-22-23-24-25-26-27-28(2)29(30)31/h2-27H2,1H3,(H2,30,31). The zero-order chi connectivity index (χ0) is 22.8. The van der Waals surface area contributed by atoms with Crippen molar-refractivity contribution in [2.75, 3.05) is 0 Å². The third-order valence-corrected chi connectivity index (χ3v) is 6.68. The fourth-order valence-electron chi connectivity index (χ4n) is 4.42. The lowest BCUT2D eigenvalue weighted by molar-refractivity contribution is -0.114. The Labute approximate surface area is 196 Å². The highest BCUT2D eigenvalue weighted by atomic mass is 16.1. The van der Waals surface area contributed by atoms with Gasteiger partial charge >= 0.3 is 0 Å². The zero-order valence-electron chi connectivity index (χ0n) is 21.4. The van der Waals surface area contributed by atoms with Gasteiger partial charge in [0.25, 0.3) is 0 Å². The molecule has 0 unspecified atom stereocenters. The average molecular weight is 436 g/mol. The Balaban J connectivity index is 3.05. The van der Waals surface area contributed by atoms with Gasteiger partial charge in [-0.05, 0) is 12.8 Å². The Morgan fingerprint density at radius 1 is 0.484 bits per heavy atom. The quantitative estimate of drug-likeness (QED) is 0.107. The molecule has 2 N–H and O–H groups in total. The number of amides is 1. The molecule has 0 atom stereocenters. The maximum atomic E-state index is 10.9. The van der Waals surface area contributed by atoms with Crippen LogP contribution in [-0.2, 0) is 4.79 Å². The highest BCUT2D eigenvalue weighted by Gasteiger charge is 2.00. The molecule has 184 valence electrons. The molecule has 0 aliphatic rings. The van der Waals surface area contributed by atoms with Crippen LogP contribution < -0.4 is 5.73 Å². The van der Waals surface area contributed by atoms with Crippen LogP contribution >= 0.6 is 0 Å². The summed E-state index contributed by atoms with van der Waals surface area (Å²) in [6.45, 7) is 6.00. The van der Waals surface area contributed by atoms with E-state index in [1.807, 2.05) is 0 Å². The van der Waals surface area contributed by atoms with E-state index in [0.29, 0.717) is 5.57 Å². The maximum Gasteiger partial charge on any atom is 0.244 e. The molecule has 0 fully saturated rings. The molecule has 0 spiro atoms. The van der Waals surface area contributed by atoms with E-state index in [1.54, 1.807) is 0 Å². The molecule has 0 heterocycles. The fraction of sp³-hybridized carbons (Fsp3) is 0.897. The summed E-state index contributed by atoms with van der Waals surface area (Å²) in [4.78, 5) is 10.9. The smallest absolute Gasteiger partial charge is 0.244 e. The van der Waals surface area contributed by atoms with Gasteiger partial charge in [0.2, 0.25) is 5.91 Å². The van der Waals surface area contributed by atoms with Gasteiger partial charge in [-0.1, -0.05) is 161 Å². The van der Waals surface area contributed by atoms with Gasteiger partial charge in [-0.15, -0.1) is 0 Å². The molecule has 0 aliphatic heterocycles. The van der Waals surface area contributed by atoms with Crippen molar-refractivity contribution < 1.29 is 4.79 Å². The molecule has 0 radical (unpaired) electrons. The van der Waals surface area contributed by atoms with Crippen molar-refractivity contribution in [1.82, 2.24) is 0 Å². The van der Waals surface area contributed by atoms with Crippen LogP contribution in [-0.4, -0.2) is 5.91 Å². The van der Waals surface area contributed by atoms with Crippen molar-refractivity contribution >= 4 is 5.91 Å². The lowest BCUT2D eigenvalue weighted by Gasteiger charge is -2.04. The van der Waals surface area contributed by atoms with Gasteiger partial charge in [0.05, 0.1) is 0 Å². The lowest BCUT2D eigenvalue weighted by atomic mass is 10.0. The minimum Gasteiger partial charge on any atom is -0.366 e. The average Bonchev–Trinajstić information content (AvgIpc) is 2.76. The lowest BCUT2D eigenvalue weighted by Crippen LogP contribution is -2.12. The summed E-state index contributed by atoms with van der Waals surface area (Å²) in [6, 6.07) is 0. The first-order valence-electron chi connectivity index (χ1n) is 14.2. The van der Waals surface area contributed by atoms with E-state index < -0.39 is 0 Å². The second kappa shape index (κ2) is 25.5. The summed E-state index contributed by atoms with van der Waals surface area (Å²) in [5.74, 6) is -0.339. The number of carbonyl (C=O) groups excluding carboxylic acids is 1. The summed E-state index contributed by atoms with van der Waals surface area (Å²) in [5, 5.41) is 0. The number of carbonyl (C=O) groups is 1. The van der Waals surface area contributed by atoms with Crippen LogP contribution in [0.2, 0.25) is 0 Å². The highest BCUT2D eigenvalue weighted by molar-refractivity contribution is 5.91. The van der Waals surface area contributed by atoms with E-state index in [4.69, 9.17) is 5.73 Å². The van der Waals surface area contributed by atoms with Gasteiger partial charge in [-0.3, -0.25) is 4.79 Å². The van der Waals surface area contributed by atoms with Crippen molar-refractivity contribution in [3.05, 3.63) is 12.2 Å². The van der Waals surface area contributed by atoms with Gasteiger partial charge in [-0.2, -0.15) is 0 Å². The molecule has 0 aromatic heterocycles. The molecule has 2 nitrogen and oxygen atoms in total. The van der Waals surface area contributed by atoms with Gasteiger partial charge in [0.1, 0.15) is 0 Å². The largest absolute Gasteiger partial charge is 0.366 e. The summed E-state index contributed by atoms with van der Waals surface area (Å²) in [7, 11) is 0. The van der Waals surface area contributed by atoms with Gasteiger partial charge < -0.3 is 5.73 Å². The van der Waals surface area contributed by atoms with E-state index in [-0.39, 0.29) is 5.91 Å². The van der Waals surface area contributed by atoms with Crippen LogP contribution in [0, 0.1) is 0 Å². The fourth-order valence-corrected chi connectivity index (χ4v) is 4.42. The van der Waals surface area contributed by atoms with E-state index >= 15 is 0 Å². The summed E-state index contributed by atoms with van der Waals surface area (Å²) in [6.07, 6.45) is 34.5. The van der Waals surface area contributed by atoms with Crippen molar-refractivity contribution in [3.63, 3.8) is 0 Å². The Morgan fingerprint density at radius 3 is 0.935 bits per heavy atom. The summed E-state index contributed by atoms with van der Waals surface area (Å²) in [5.41, 5.74) is 5.78. The SMILES string of the molecule is C=C(CCCCCCCCCCCCCCCCCCCCCCCCCC)C(N)=O. The second-order valence-electron chi connectivity index (χ2n) is 9.85. The van der Waals surface area contributed by atoms with Crippen LogP contribution in [0.25, 0.3) is 0 Å². The molecule has 0 aliphatic carbocycles. The monoisotopic (exact) mass is 435 g/mol. The van der Waals surface area contributed by atoms with Crippen molar-refractivity contribution in [2.45, 2.75) is 167 Å². The predicted molar refractivity (Wildman–Crippen MR) is 139 cm³/mol. The minimum absolute atomic E-state index is 0.339. The Hall–Kier alpha value is -0.790. The second-order valence-corrected chi connectivity index (χ2v) is 9.85. The van der Waals surface area contributed by atoms with E-state index in [0.717, 1.165) is 12.8 Å². The Morgan fingerprint density at radius 2 is 0.710 bits per heavy atom. The molecule has 0 aromatic carbocycles. The van der Waals surface area contributed by atoms with Gasteiger partial charge in [-0.25, -0.2) is 0 Å². The third kappa shape index (κ3) is 25.3. The number of hydrogen-bond acceptors (Lipinski definition) is 1. The number of unbranched alkanes of at least 4 members (excludes halogenated alkanes) is 23. The maximum absolute atomic E-state index is 10.9. The van der Waals surface area contributed by atoms with Crippen LogP contribution in [0.5, 0.6) is 0 Å². The topological polar surface area (TPSA) is 43.1 Å². The van der Waals surface area contributed by atoms with Crippen molar-refractivity contribution in [2.24, 2.45) is 5.73 Å². The third-order valence-electron chi connectivity index (χ3n) is 6.68. The van der Waals surface area contributed by atoms with Crippen LogP contribution in [0.15, 0.2) is 12.2 Å². The van der Waals surface area contributed by atoms with E-state index in [2.05, 4.69) is 13.5 Å². The van der Waals surface area contributed by atoms with Crippen molar-refractivity contribution in [1.29, 1.82) is 0 Å². The van der Waals surface area contributed by atoms with Gasteiger partial charge in [0, 0.05) is 5.57 Å². The number of rotatable bonds is 26. The molecular formula is C29H57NO. The molecule has 0 saturated carbocycles. The number of nitrogens with two attached hydrogens (primary N) is 1. The number of hydrogen-bond donors (Lipinski definition) is 1. The molecule has 0 bridgehead atoms. The van der Waals surface area contributed by atoms with Crippen molar-refractivity contribution in [3.8, 4) is 0 Å². The number of primary amides is 1. The summed E-state index contributed by atoms with van der Waals surface area (Å²) < 4.78 is 0. The molecule has 0 saturated heterocycles. The molecule has 0 rings (SSSR count). The molecule has 2 heteroatoms. The first-order valence-corrected chi connectivity index (χ1v) is 14.2. The molecule has 31 heavy (non-hydrogen) atoms. The Kier molecular flexibility index (Phi) is 24.8. The van der Waals surface area contributed by atoms with Crippen LogP contribution in [0.4, 0.5) is 0 Å². The van der Waals surface area contributed by atoms with Crippen LogP contribution in [0.1, 0.15) is 167 Å². The summed E-state index contributed by atoms with van der Waals surface area (Å²) >= 11 is 0. The minimum atomic E-state index is -0.339.